The van der Waals surface area contributed by atoms with Gasteiger partial charge in [-0.05, 0) is 36.2 Å². The molecule has 0 fully saturated rings. The standard InChI is InChI=1S/C23H27N3O2S/c1-5-16-10-12-17(13-11-16)26(20(27)14-15-24-21(28)23(2,3)4)22-25-18-8-6-7-9-19(18)29-22/h6-13H,5,14-15H2,1-4H3,(H,24,28). The van der Waals surface area contributed by atoms with Crippen molar-refractivity contribution in [3.05, 3.63) is 54.1 Å². The van der Waals surface area contributed by atoms with Gasteiger partial charge in [-0.25, -0.2) is 4.98 Å². The molecule has 0 bridgehead atoms. The summed E-state index contributed by atoms with van der Waals surface area (Å²) in [6.07, 6.45) is 1.14. The SMILES string of the molecule is CCc1ccc(N(C(=O)CCNC(=O)C(C)(C)C)c2nc3ccccc3s2)cc1. The Morgan fingerprint density at radius 1 is 1.07 bits per heavy atom. The Bertz CT molecular complexity index is 970. The zero-order chi connectivity index (χ0) is 21.0. The lowest BCUT2D eigenvalue weighted by molar-refractivity contribution is -0.128. The topological polar surface area (TPSA) is 62.3 Å². The first-order valence-electron chi connectivity index (χ1n) is 9.85. The fraction of sp³-hybridized carbons (Fsp3) is 0.348. The maximum absolute atomic E-state index is 13.1. The highest BCUT2D eigenvalue weighted by molar-refractivity contribution is 7.22. The van der Waals surface area contributed by atoms with Crippen LogP contribution in [0, 0.1) is 5.41 Å². The lowest BCUT2D eigenvalue weighted by Gasteiger charge is -2.21. The highest BCUT2D eigenvalue weighted by Gasteiger charge is 2.24. The molecule has 152 valence electrons. The first kappa shape index (κ1) is 21.0. The lowest BCUT2D eigenvalue weighted by Crippen LogP contribution is -2.37. The van der Waals surface area contributed by atoms with Gasteiger partial charge in [-0.2, -0.15) is 0 Å². The summed E-state index contributed by atoms with van der Waals surface area (Å²) in [5.41, 5.74) is 2.39. The van der Waals surface area contributed by atoms with E-state index in [0.717, 1.165) is 22.3 Å². The van der Waals surface area contributed by atoms with Crippen molar-refractivity contribution >= 4 is 44.2 Å². The van der Waals surface area contributed by atoms with Gasteiger partial charge in [0.15, 0.2) is 5.13 Å². The van der Waals surface area contributed by atoms with Crippen LogP contribution in [0.3, 0.4) is 0 Å². The van der Waals surface area contributed by atoms with Crippen molar-refractivity contribution in [2.75, 3.05) is 11.4 Å². The molecule has 0 aliphatic carbocycles. The molecule has 2 aromatic carbocycles. The Kier molecular flexibility index (Phi) is 6.33. The van der Waals surface area contributed by atoms with Crippen LogP contribution in [-0.2, 0) is 16.0 Å². The van der Waals surface area contributed by atoms with Crippen LogP contribution in [0.2, 0.25) is 0 Å². The summed E-state index contributed by atoms with van der Waals surface area (Å²) in [5, 5.41) is 3.49. The molecule has 3 rings (SSSR count). The number of nitrogens with one attached hydrogen (secondary N) is 1. The number of hydrogen-bond donors (Lipinski definition) is 1. The number of fused-ring (bicyclic) bond motifs is 1. The summed E-state index contributed by atoms with van der Waals surface area (Å²) in [5.74, 6) is -0.161. The summed E-state index contributed by atoms with van der Waals surface area (Å²) in [6.45, 7) is 7.96. The molecule has 1 aromatic heterocycles. The monoisotopic (exact) mass is 409 g/mol. The van der Waals surface area contributed by atoms with E-state index < -0.39 is 5.41 Å². The minimum atomic E-state index is -0.480. The van der Waals surface area contributed by atoms with E-state index in [9.17, 15) is 9.59 Å². The smallest absolute Gasteiger partial charge is 0.235 e. The zero-order valence-electron chi connectivity index (χ0n) is 17.4. The second kappa shape index (κ2) is 8.74. The Hall–Kier alpha value is -2.73. The van der Waals surface area contributed by atoms with E-state index in [4.69, 9.17) is 0 Å². The molecule has 0 saturated heterocycles. The van der Waals surface area contributed by atoms with Gasteiger partial charge in [0.1, 0.15) is 0 Å². The van der Waals surface area contributed by atoms with Crippen molar-refractivity contribution in [1.29, 1.82) is 0 Å². The van der Waals surface area contributed by atoms with Crippen LogP contribution in [0.5, 0.6) is 0 Å². The number of hydrogen-bond acceptors (Lipinski definition) is 4. The minimum absolute atomic E-state index is 0.0656. The third-order valence-corrected chi connectivity index (χ3v) is 5.65. The van der Waals surface area contributed by atoms with Crippen molar-refractivity contribution < 1.29 is 9.59 Å². The molecule has 0 saturated carbocycles. The number of rotatable bonds is 6. The largest absolute Gasteiger partial charge is 0.355 e. The van der Waals surface area contributed by atoms with Crippen LogP contribution in [0.4, 0.5) is 10.8 Å². The Morgan fingerprint density at radius 2 is 1.76 bits per heavy atom. The molecule has 6 heteroatoms. The molecule has 29 heavy (non-hydrogen) atoms. The molecule has 2 amide bonds. The van der Waals surface area contributed by atoms with E-state index >= 15 is 0 Å². The van der Waals surface area contributed by atoms with Crippen LogP contribution in [-0.4, -0.2) is 23.3 Å². The summed E-state index contributed by atoms with van der Waals surface area (Å²) < 4.78 is 1.03. The fourth-order valence-corrected chi connectivity index (χ4v) is 3.86. The molecular formula is C23H27N3O2S. The van der Waals surface area contributed by atoms with Crippen LogP contribution in [0.25, 0.3) is 10.2 Å². The number of nitrogens with zero attached hydrogens (tertiary/aromatic N) is 2. The van der Waals surface area contributed by atoms with Gasteiger partial charge in [0.05, 0.1) is 15.9 Å². The fourth-order valence-electron chi connectivity index (χ4n) is 2.86. The van der Waals surface area contributed by atoms with Gasteiger partial charge in [0, 0.05) is 18.4 Å². The number of amides is 2. The molecule has 0 atom stereocenters. The summed E-state index contributed by atoms with van der Waals surface area (Å²) in [7, 11) is 0. The maximum atomic E-state index is 13.1. The number of carbonyl (C=O) groups is 2. The number of anilines is 2. The van der Waals surface area contributed by atoms with Crippen LogP contribution >= 0.6 is 11.3 Å². The summed E-state index contributed by atoms with van der Waals surface area (Å²) in [6, 6.07) is 15.8. The van der Waals surface area contributed by atoms with E-state index in [1.807, 2.05) is 69.3 Å². The second-order valence-corrected chi connectivity index (χ2v) is 8.98. The van der Waals surface area contributed by atoms with E-state index in [1.165, 1.54) is 16.9 Å². The highest BCUT2D eigenvalue weighted by atomic mass is 32.1. The molecule has 0 unspecified atom stereocenters. The first-order valence-corrected chi connectivity index (χ1v) is 10.7. The predicted molar refractivity (Wildman–Crippen MR) is 120 cm³/mol. The second-order valence-electron chi connectivity index (χ2n) is 7.97. The quantitative estimate of drug-likeness (QED) is 0.618. The van der Waals surface area contributed by atoms with Crippen molar-refractivity contribution in [3.8, 4) is 0 Å². The average molecular weight is 410 g/mol. The molecule has 1 N–H and O–H groups in total. The van der Waals surface area contributed by atoms with Gasteiger partial charge in [0.25, 0.3) is 0 Å². The zero-order valence-corrected chi connectivity index (χ0v) is 18.2. The predicted octanol–water partition coefficient (Wildman–Crippen LogP) is 5.08. The van der Waals surface area contributed by atoms with E-state index in [2.05, 4.69) is 17.2 Å². The van der Waals surface area contributed by atoms with Crippen molar-refractivity contribution in [2.45, 2.75) is 40.5 Å². The van der Waals surface area contributed by atoms with Gasteiger partial charge < -0.3 is 5.32 Å². The molecule has 0 spiro atoms. The normalized spacial score (nSPS) is 11.4. The Labute approximate surface area is 175 Å². The van der Waals surface area contributed by atoms with E-state index in [1.54, 1.807) is 4.90 Å². The van der Waals surface area contributed by atoms with Gasteiger partial charge in [-0.3, -0.25) is 14.5 Å². The third kappa shape index (κ3) is 5.01. The molecular weight excluding hydrogens is 382 g/mol. The van der Waals surface area contributed by atoms with Crippen molar-refractivity contribution in [1.82, 2.24) is 10.3 Å². The maximum Gasteiger partial charge on any atom is 0.235 e. The molecule has 0 radical (unpaired) electrons. The molecule has 1 heterocycles. The number of thiazole rings is 1. The molecule has 0 aliphatic heterocycles. The van der Waals surface area contributed by atoms with Crippen LogP contribution in [0.15, 0.2) is 48.5 Å². The number of aromatic nitrogens is 1. The highest BCUT2D eigenvalue weighted by Crippen LogP contribution is 2.34. The summed E-state index contributed by atoms with van der Waals surface area (Å²) in [4.78, 5) is 31.6. The molecule has 3 aromatic rings. The number of para-hydroxylation sites is 1. The van der Waals surface area contributed by atoms with Crippen LogP contribution in [0.1, 0.15) is 39.7 Å². The number of carbonyl (C=O) groups excluding carboxylic acids is 2. The number of aryl methyl sites for hydroxylation is 1. The van der Waals surface area contributed by atoms with Crippen LogP contribution < -0.4 is 10.2 Å². The average Bonchev–Trinajstić information content (AvgIpc) is 3.11. The van der Waals surface area contributed by atoms with Crippen molar-refractivity contribution in [2.24, 2.45) is 5.41 Å². The van der Waals surface area contributed by atoms with Crippen molar-refractivity contribution in [3.63, 3.8) is 0 Å². The van der Waals surface area contributed by atoms with Gasteiger partial charge >= 0.3 is 0 Å². The van der Waals surface area contributed by atoms with Gasteiger partial charge in [-0.1, -0.05) is 63.3 Å². The van der Waals surface area contributed by atoms with E-state index in [-0.39, 0.29) is 18.2 Å². The lowest BCUT2D eigenvalue weighted by atomic mass is 9.96. The van der Waals surface area contributed by atoms with Gasteiger partial charge in [-0.15, -0.1) is 0 Å². The minimum Gasteiger partial charge on any atom is -0.355 e. The molecule has 0 aliphatic rings. The summed E-state index contributed by atoms with van der Waals surface area (Å²) >= 11 is 1.49. The molecule has 5 nitrogen and oxygen atoms in total. The van der Waals surface area contributed by atoms with E-state index in [0.29, 0.717) is 11.7 Å². The number of benzene rings is 2. The third-order valence-electron chi connectivity index (χ3n) is 4.63. The Morgan fingerprint density at radius 3 is 2.38 bits per heavy atom. The Balaban J connectivity index is 1.85. The van der Waals surface area contributed by atoms with Gasteiger partial charge in [0.2, 0.25) is 11.8 Å². The first-order chi connectivity index (χ1) is 13.8.